The lowest BCUT2D eigenvalue weighted by Gasteiger charge is -2.35. The molecule has 0 atom stereocenters. The molecular formula is C25H21F2N7O. The fourth-order valence-corrected chi connectivity index (χ4v) is 4.47. The maximum absolute atomic E-state index is 13.2. The van der Waals surface area contributed by atoms with Crippen LogP contribution in [0, 0.1) is 5.92 Å². The first kappa shape index (κ1) is 21.3. The number of nitrogens with one attached hydrogen (secondary N) is 2. The summed E-state index contributed by atoms with van der Waals surface area (Å²) >= 11 is 0. The molecule has 176 valence electrons. The molecular weight excluding hydrogens is 452 g/mol. The summed E-state index contributed by atoms with van der Waals surface area (Å²) in [6.45, 7) is 0.676. The number of fused-ring (bicyclic) bond motifs is 1. The van der Waals surface area contributed by atoms with Crippen molar-refractivity contribution < 1.29 is 13.6 Å². The molecule has 1 aromatic carbocycles. The van der Waals surface area contributed by atoms with E-state index in [0.717, 1.165) is 33.6 Å². The highest BCUT2D eigenvalue weighted by atomic mass is 19.3. The number of anilines is 2. The highest BCUT2D eigenvalue weighted by molar-refractivity contribution is 5.80. The van der Waals surface area contributed by atoms with Gasteiger partial charge < -0.3 is 10.2 Å². The van der Waals surface area contributed by atoms with Crippen molar-refractivity contribution in [3.8, 4) is 22.5 Å². The fraction of sp³-hybridized carbons (Fsp3) is 0.240. The van der Waals surface area contributed by atoms with Crippen LogP contribution in [-0.2, 0) is 17.9 Å². The van der Waals surface area contributed by atoms with E-state index in [1.165, 1.54) is 0 Å². The van der Waals surface area contributed by atoms with Crippen molar-refractivity contribution in [2.75, 3.05) is 5.32 Å². The number of halogens is 2. The number of benzene rings is 1. The monoisotopic (exact) mass is 473 g/mol. The lowest BCUT2D eigenvalue weighted by atomic mass is 9.80. The number of pyridine rings is 1. The van der Waals surface area contributed by atoms with E-state index in [1.807, 2.05) is 42.6 Å². The second kappa shape index (κ2) is 8.23. The summed E-state index contributed by atoms with van der Waals surface area (Å²) in [5.41, 5.74) is 5.18. The second-order valence-electron chi connectivity index (χ2n) is 8.95. The van der Waals surface area contributed by atoms with Crippen molar-refractivity contribution in [2.45, 2.75) is 31.9 Å². The molecule has 1 aliphatic carbocycles. The van der Waals surface area contributed by atoms with Crippen LogP contribution in [0.4, 0.5) is 20.3 Å². The number of carbonyl (C=O) groups excluding carboxylic acids is 1. The second-order valence-corrected chi connectivity index (χ2v) is 8.95. The Morgan fingerprint density at radius 1 is 1.03 bits per heavy atom. The van der Waals surface area contributed by atoms with Gasteiger partial charge in [-0.1, -0.05) is 12.1 Å². The average Bonchev–Trinajstić information content (AvgIpc) is 3.52. The van der Waals surface area contributed by atoms with Crippen LogP contribution < -0.4 is 5.32 Å². The van der Waals surface area contributed by atoms with Gasteiger partial charge in [-0.2, -0.15) is 5.10 Å². The van der Waals surface area contributed by atoms with Crippen molar-refractivity contribution >= 4 is 17.4 Å². The molecule has 2 aliphatic rings. The smallest absolute Gasteiger partial charge is 0.249 e. The topological polar surface area (TPSA) is 99.7 Å². The molecule has 0 saturated heterocycles. The Labute approximate surface area is 199 Å². The van der Waals surface area contributed by atoms with E-state index in [2.05, 4.69) is 30.5 Å². The molecule has 35 heavy (non-hydrogen) atoms. The molecule has 4 aromatic rings. The maximum Gasteiger partial charge on any atom is 0.249 e. The molecule has 1 fully saturated rings. The molecule has 2 N–H and O–H groups in total. The third-order valence-electron chi connectivity index (χ3n) is 6.40. The Hall–Kier alpha value is -4.21. The van der Waals surface area contributed by atoms with Crippen LogP contribution in [0.1, 0.15) is 24.1 Å². The number of aromatic amines is 1. The molecule has 4 heterocycles. The molecule has 0 bridgehead atoms. The highest BCUT2D eigenvalue weighted by Crippen LogP contribution is 2.44. The van der Waals surface area contributed by atoms with Gasteiger partial charge in [0.2, 0.25) is 11.8 Å². The number of hydrogen-bond acceptors (Lipinski definition) is 6. The van der Waals surface area contributed by atoms with Crippen molar-refractivity contribution in [2.24, 2.45) is 5.92 Å². The number of carbonyl (C=O) groups is 1. The summed E-state index contributed by atoms with van der Waals surface area (Å²) in [5, 5.41) is 10.0. The van der Waals surface area contributed by atoms with Gasteiger partial charge >= 0.3 is 0 Å². The Kier molecular flexibility index (Phi) is 5.01. The average molecular weight is 473 g/mol. The molecule has 0 radical (unpaired) electrons. The van der Waals surface area contributed by atoms with Gasteiger partial charge in [-0.15, -0.1) is 0 Å². The Balaban J connectivity index is 1.15. The SMILES string of the molecule is O=C(C1CC(F)(F)C1)N1Cc2cnc(-c3cccc(Nc4ccc(-c5cn[nH]c5)cn4)c3)nc2C1. The number of nitrogens with zero attached hydrogens (tertiary/aromatic N) is 5. The Morgan fingerprint density at radius 2 is 1.91 bits per heavy atom. The standard InChI is InChI=1S/C25H21F2N7O/c26-25(27)7-17(8-25)24(35)34-13-19-10-29-23(33-21(19)14-34)15-2-1-3-20(6-15)32-22-5-4-16(9-28-22)18-11-30-31-12-18/h1-6,9-12,17H,7-8,13-14H2,(H,28,32)(H,30,31). The predicted molar refractivity (Wildman–Crippen MR) is 124 cm³/mol. The van der Waals surface area contributed by atoms with Crippen molar-refractivity contribution in [1.29, 1.82) is 0 Å². The number of alkyl halides is 2. The first-order chi connectivity index (χ1) is 16.9. The summed E-state index contributed by atoms with van der Waals surface area (Å²) in [6.07, 6.45) is 6.32. The highest BCUT2D eigenvalue weighted by Gasteiger charge is 2.50. The number of H-pyrrole nitrogens is 1. The van der Waals surface area contributed by atoms with Gasteiger partial charge in [-0.3, -0.25) is 9.89 Å². The molecule has 1 aliphatic heterocycles. The summed E-state index contributed by atoms with van der Waals surface area (Å²) in [6, 6.07) is 11.5. The zero-order valence-corrected chi connectivity index (χ0v) is 18.6. The van der Waals surface area contributed by atoms with E-state index < -0.39 is 11.8 Å². The van der Waals surface area contributed by atoms with Gasteiger partial charge in [-0.25, -0.2) is 23.7 Å². The summed E-state index contributed by atoms with van der Waals surface area (Å²) in [5.74, 6) is -2.30. The summed E-state index contributed by atoms with van der Waals surface area (Å²) < 4.78 is 26.4. The van der Waals surface area contributed by atoms with Crippen LogP contribution in [-0.4, -0.2) is 41.9 Å². The van der Waals surface area contributed by atoms with E-state index in [1.54, 1.807) is 23.5 Å². The number of amides is 1. The van der Waals surface area contributed by atoms with Gasteiger partial charge in [0.05, 0.1) is 18.4 Å². The van der Waals surface area contributed by atoms with E-state index in [0.29, 0.717) is 24.7 Å². The van der Waals surface area contributed by atoms with E-state index in [-0.39, 0.29) is 18.7 Å². The number of rotatable bonds is 5. The quantitative estimate of drug-likeness (QED) is 0.441. The molecule has 8 nitrogen and oxygen atoms in total. The predicted octanol–water partition coefficient (Wildman–Crippen LogP) is 4.56. The molecule has 10 heteroatoms. The molecule has 3 aromatic heterocycles. The van der Waals surface area contributed by atoms with Crippen LogP contribution in [0.5, 0.6) is 0 Å². The molecule has 1 saturated carbocycles. The van der Waals surface area contributed by atoms with E-state index in [9.17, 15) is 13.6 Å². The number of aromatic nitrogens is 5. The normalized spacial score (nSPS) is 16.6. The van der Waals surface area contributed by atoms with Crippen LogP contribution >= 0.6 is 0 Å². The van der Waals surface area contributed by atoms with Crippen molar-refractivity contribution in [3.05, 3.63) is 72.4 Å². The zero-order valence-electron chi connectivity index (χ0n) is 18.6. The third kappa shape index (κ3) is 4.23. The summed E-state index contributed by atoms with van der Waals surface area (Å²) in [7, 11) is 0. The molecule has 0 spiro atoms. The summed E-state index contributed by atoms with van der Waals surface area (Å²) in [4.78, 5) is 27.8. The van der Waals surface area contributed by atoms with Crippen LogP contribution in [0.3, 0.4) is 0 Å². The fourth-order valence-electron chi connectivity index (χ4n) is 4.47. The lowest BCUT2D eigenvalue weighted by Crippen LogP contribution is -2.45. The zero-order chi connectivity index (χ0) is 24.0. The van der Waals surface area contributed by atoms with Crippen LogP contribution in [0.15, 0.2) is 61.2 Å². The minimum Gasteiger partial charge on any atom is -0.340 e. The first-order valence-electron chi connectivity index (χ1n) is 11.3. The molecule has 1 amide bonds. The van der Waals surface area contributed by atoms with Gasteiger partial charge in [-0.05, 0) is 24.3 Å². The molecule has 6 rings (SSSR count). The van der Waals surface area contributed by atoms with Crippen LogP contribution in [0.25, 0.3) is 22.5 Å². The lowest BCUT2D eigenvalue weighted by molar-refractivity contribution is -0.160. The van der Waals surface area contributed by atoms with E-state index >= 15 is 0 Å². The van der Waals surface area contributed by atoms with Gasteiger partial charge in [0.15, 0.2) is 5.82 Å². The van der Waals surface area contributed by atoms with Crippen LogP contribution in [0.2, 0.25) is 0 Å². The van der Waals surface area contributed by atoms with E-state index in [4.69, 9.17) is 0 Å². The minimum atomic E-state index is -2.71. The Bertz CT molecular complexity index is 1380. The Morgan fingerprint density at radius 3 is 2.66 bits per heavy atom. The first-order valence-corrected chi connectivity index (χ1v) is 11.3. The van der Waals surface area contributed by atoms with Crippen molar-refractivity contribution in [3.63, 3.8) is 0 Å². The minimum absolute atomic E-state index is 0.229. The largest absolute Gasteiger partial charge is 0.340 e. The van der Waals surface area contributed by atoms with Gasteiger partial charge in [0.1, 0.15) is 5.82 Å². The van der Waals surface area contributed by atoms with Gasteiger partial charge in [0.25, 0.3) is 0 Å². The molecule has 0 unspecified atom stereocenters. The van der Waals surface area contributed by atoms with Crippen molar-refractivity contribution in [1.82, 2.24) is 30.0 Å². The number of hydrogen-bond donors (Lipinski definition) is 2. The van der Waals surface area contributed by atoms with Gasteiger partial charge in [0, 0.05) is 71.8 Å². The maximum atomic E-state index is 13.2. The third-order valence-corrected chi connectivity index (χ3v) is 6.40.